The molecule has 2 aromatic rings. The first-order chi connectivity index (χ1) is 12.4. The maximum atomic E-state index is 12.2. The van der Waals surface area contributed by atoms with Gasteiger partial charge in [0.25, 0.3) is 5.91 Å². The minimum Gasteiger partial charge on any atom is -0.504 e. The van der Waals surface area contributed by atoms with Gasteiger partial charge in [-0.1, -0.05) is 12.1 Å². The fourth-order valence-corrected chi connectivity index (χ4v) is 2.35. The molecule has 0 spiro atoms. The topological polar surface area (TPSA) is 100 Å². The minimum absolute atomic E-state index is 0.00560. The Morgan fingerprint density at radius 3 is 2.65 bits per heavy atom. The Balaban J connectivity index is 1.94. The number of nitrogens with zero attached hydrogens (tertiary/aromatic N) is 1. The first-order valence-corrected chi connectivity index (χ1v) is 8.47. The molecule has 0 saturated carbocycles. The number of aromatic hydroxyl groups is 1. The number of hydrogen-bond donors (Lipinski definition) is 3. The lowest BCUT2D eigenvalue weighted by Gasteiger charge is -2.11. The molecule has 2 amide bonds. The number of carbonyl (C=O) groups is 2. The van der Waals surface area contributed by atoms with E-state index in [1.807, 2.05) is 6.07 Å². The number of phenols is 1. The summed E-state index contributed by atoms with van der Waals surface area (Å²) < 4.78 is 5.72. The highest BCUT2D eigenvalue weighted by Gasteiger charge is 2.21. The van der Waals surface area contributed by atoms with Crippen LogP contribution in [-0.2, 0) is 9.59 Å². The van der Waals surface area contributed by atoms with Gasteiger partial charge in [-0.25, -0.2) is 5.43 Å². The third kappa shape index (κ3) is 5.06. The number of hydrazone groups is 1. The molecule has 0 radical (unpaired) electrons. The van der Waals surface area contributed by atoms with Crippen molar-refractivity contribution in [2.45, 2.75) is 6.92 Å². The summed E-state index contributed by atoms with van der Waals surface area (Å²) in [6.45, 7) is 1.49. The Morgan fingerprint density at radius 2 is 1.96 bits per heavy atom. The highest BCUT2D eigenvalue weighted by molar-refractivity contribution is 9.10. The van der Waals surface area contributed by atoms with Crippen LogP contribution in [0, 0.1) is 5.92 Å². The molecule has 26 heavy (non-hydrogen) atoms. The predicted molar refractivity (Wildman–Crippen MR) is 102 cm³/mol. The molecule has 2 aromatic carbocycles. The summed E-state index contributed by atoms with van der Waals surface area (Å²) in [4.78, 5) is 24.2. The predicted octanol–water partition coefficient (Wildman–Crippen LogP) is 2.89. The van der Waals surface area contributed by atoms with Gasteiger partial charge in [-0.15, -0.1) is 0 Å². The molecule has 0 heterocycles. The number of ether oxygens (including phenoxy) is 1. The van der Waals surface area contributed by atoms with Gasteiger partial charge in [0.2, 0.25) is 5.91 Å². The fourth-order valence-electron chi connectivity index (χ4n) is 1.96. The summed E-state index contributed by atoms with van der Waals surface area (Å²) in [6, 6.07) is 11.7. The molecule has 0 bridgehead atoms. The summed E-state index contributed by atoms with van der Waals surface area (Å²) in [5.74, 6) is -1.63. The van der Waals surface area contributed by atoms with Crippen LogP contribution in [0.1, 0.15) is 12.5 Å². The second-order valence-corrected chi connectivity index (χ2v) is 6.21. The zero-order chi connectivity index (χ0) is 19.1. The van der Waals surface area contributed by atoms with E-state index in [9.17, 15) is 14.7 Å². The summed E-state index contributed by atoms with van der Waals surface area (Å²) in [7, 11) is 1.43. The summed E-state index contributed by atoms with van der Waals surface area (Å²) in [5.41, 5.74) is 3.52. The zero-order valence-corrected chi connectivity index (χ0v) is 15.8. The third-order valence-electron chi connectivity index (χ3n) is 3.51. The quantitative estimate of drug-likeness (QED) is 0.380. The lowest BCUT2D eigenvalue weighted by molar-refractivity contribution is -0.131. The summed E-state index contributed by atoms with van der Waals surface area (Å²) >= 11 is 3.33. The van der Waals surface area contributed by atoms with E-state index in [2.05, 4.69) is 31.8 Å². The van der Waals surface area contributed by atoms with Crippen molar-refractivity contribution in [1.29, 1.82) is 0 Å². The number of nitrogens with one attached hydrogen (secondary N) is 2. The van der Waals surface area contributed by atoms with Gasteiger partial charge >= 0.3 is 0 Å². The minimum atomic E-state index is -0.936. The normalized spacial score (nSPS) is 11.8. The van der Waals surface area contributed by atoms with Crippen molar-refractivity contribution in [3.63, 3.8) is 0 Å². The zero-order valence-electron chi connectivity index (χ0n) is 14.2. The lowest BCUT2D eigenvalue weighted by Crippen LogP contribution is -2.34. The summed E-state index contributed by atoms with van der Waals surface area (Å²) in [6.07, 6.45) is 1.39. The average Bonchev–Trinajstić information content (AvgIpc) is 2.64. The number of benzene rings is 2. The van der Waals surface area contributed by atoms with Gasteiger partial charge in [-0.3, -0.25) is 9.59 Å². The van der Waals surface area contributed by atoms with Crippen molar-refractivity contribution in [3.8, 4) is 11.5 Å². The Hall–Kier alpha value is -2.87. The van der Waals surface area contributed by atoms with Gasteiger partial charge in [-0.2, -0.15) is 5.10 Å². The molecule has 0 saturated heterocycles. The smallest absolute Gasteiger partial charge is 0.252 e. The number of hydrogen-bond acceptors (Lipinski definition) is 5. The van der Waals surface area contributed by atoms with Crippen molar-refractivity contribution in [1.82, 2.24) is 5.43 Å². The molecular weight excluding hydrogens is 402 g/mol. The number of phenolic OH excluding ortho intramolecular Hbond substituents is 1. The fraction of sp³-hybridized carbons (Fsp3) is 0.167. The van der Waals surface area contributed by atoms with Gasteiger partial charge in [-0.05, 0) is 58.7 Å². The lowest BCUT2D eigenvalue weighted by atomic mass is 10.1. The van der Waals surface area contributed by atoms with Gasteiger partial charge in [0.1, 0.15) is 5.92 Å². The molecule has 1 atom stereocenters. The van der Waals surface area contributed by atoms with Crippen LogP contribution in [0.15, 0.2) is 52.0 Å². The largest absolute Gasteiger partial charge is 0.504 e. The number of methoxy groups -OCH3 is 1. The van der Waals surface area contributed by atoms with E-state index in [0.29, 0.717) is 17.0 Å². The molecule has 7 nitrogen and oxygen atoms in total. The second-order valence-electron chi connectivity index (χ2n) is 5.36. The van der Waals surface area contributed by atoms with E-state index in [-0.39, 0.29) is 5.75 Å². The van der Waals surface area contributed by atoms with Crippen LogP contribution in [0.4, 0.5) is 5.69 Å². The van der Waals surface area contributed by atoms with E-state index in [1.54, 1.807) is 30.3 Å². The van der Waals surface area contributed by atoms with Crippen LogP contribution >= 0.6 is 15.9 Å². The van der Waals surface area contributed by atoms with Crippen LogP contribution in [0.25, 0.3) is 0 Å². The number of carbonyl (C=O) groups excluding carboxylic acids is 2. The third-order valence-corrected chi connectivity index (χ3v) is 4.20. The molecule has 0 aliphatic carbocycles. The molecule has 1 unspecified atom stereocenters. The van der Waals surface area contributed by atoms with Crippen LogP contribution in [-0.4, -0.2) is 30.2 Å². The molecule has 8 heteroatoms. The highest BCUT2D eigenvalue weighted by Crippen LogP contribution is 2.25. The Bertz CT molecular complexity index is 839. The monoisotopic (exact) mass is 419 g/mol. The van der Waals surface area contributed by atoms with Crippen molar-refractivity contribution in [3.05, 3.63) is 52.5 Å². The number of halogens is 1. The van der Waals surface area contributed by atoms with E-state index in [1.165, 1.54) is 26.3 Å². The van der Waals surface area contributed by atoms with E-state index < -0.39 is 17.7 Å². The van der Waals surface area contributed by atoms with Crippen LogP contribution in [0.2, 0.25) is 0 Å². The SMILES string of the molecule is COc1cc(C=NNC(=O)C(C)C(=O)Nc2ccccc2Br)ccc1O. The molecule has 3 N–H and O–H groups in total. The molecule has 136 valence electrons. The van der Waals surface area contributed by atoms with Crippen LogP contribution < -0.4 is 15.5 Å². The van der Waals surface area contributed by atoms with Crippen molar-refractivity contribution >= 4 is 39.6 Å². The molecular formula is C18H18BrN3O4. The van der Waals surface area contributed by atoms with Gasteiger partial charge < -0.3 is 15.2 Å². The first kappa shape index (κ1) is 19.5. The Morgan fingerprint density at radius 1 is 1.23 bits per heavy atom. The van der Waals surface area contributed by atoms with Crippen molar-refractivity contribution in [2.24, 2.45) is 11.0 Å². The van der Waals surface area contributed by atoms with Gasteiger partial charge in [0, 0.05) is 4.47 Å². The number of rotatable bonds is 6. The Labute approximate surface area is 159 Å². The summed E-state index contributed by atoms with van der Waals surface area (Å²) in [5, 5.41) is 16.0. The molecule has 0 aliphatic heterocycles. The highest BCUT2D eigenvalue weighted by atomic mass is 79.9. The molecule has 0 fully saturated rings. The van der Waals surface area contributed by atoms with Crippen LogP contribution in [0.5, 0.6) is 11.5 Å². The van der Waals surface area contributed by atoms with E-state index >= 15 is 0 Å². The molecule has 0 aliphatic rings. The second kappa shape index (κ2) is 9.00. The standard InChI is InChI=1S/C18H18BrN3O4/c1-11(17(24)21-14-6-4-3-5-13(14)19)18(25)22-20-10-12-7-8-15(23)16(9-12)26-2/h3-11,23H,1-2H3,(H,21,24)(H,22,25). The maximum absolute atomic E-state index is 12.2. The van der Waals surface area contributed by atoms with Gasteiger partial charge in [0.05, 0.1) is 19.0 Å². The van der Waals surface area contributed by atoms with E-state index in [0.717, 1.165) is 4.47 Å². The number of para-hydroxylation sites is 1. The van der Waals surface area contributed by atoms with Crippen molar-refractivity contribution in [2.75, 3.05) is 12.4 Å². The molecule has 0 aromatic heterocycles. The van der Waals surface area contributed by atoms with Crippen LogP contribution in [0.3, 0.4) is 0 Å². The number of amides is 2. The Kier molecular flexibility index (Phi) is 6.74. The van der Waals surface area contributed by atoms with E-state index in [4.69, 9.17) is 4.74 Å². The van der Waals surface area contributed by atoms with Crippen molar-refractivity contribution < 1.29 is 19.4 Å². The first-order valence-electron chi connectivity index (χ1n) is 7.67. The molecule has 2 rings (SSSR count). The average molecular weight is 420 g/mol. The maximum Gasteiger partial charge on any atom is 0.252 e. The number of anilines is 1. The van der Waals surface area contributed by atoms with Gasteiger partial charge in [0.15, 0.2) is 11.5 Å².